The van der Waals surface area contributed by atoms with Crippen LogP contribution in [-0.2, 0) is 24.3 Å². The molecule has 10 heteroatoms. The summed E-state index contributed by atoms with van der Waals surface area (Å²) in [4.78, 5) is 26.2. The van der Waals surface area contributed by atoms with Crippen LogP contribution in [0.3, 0.4) is 0 Å². The van der Waals surface area contributed by atoms with E-state index in [1.165, 1.54) is 13.2 Å². The Hall–Kier alpha value is -3.50. The number of aliphatic imine (C=N–C) groups is 1. The lowest BCUT2D eigenvalue weighted by atomic mass is 9.71. The molecule has 1 saturated carbocycles. The number of hydrogen-bond acceptors (Lipinski definition) is 6. The second-order valence-corrected chi connectivity index (χ2v) is 13.2. The van der Waals surface area contributed by atoms with E-state index in [9.17, 15) is 9.18 Å². The van der Waals surface area contributed by atoms with Crippen molar-refractivity contribution in [1.82, 2.24) is 19.8 Å². The lowest BCUT2D eigenvalue weighted by Gasteiger charge is -2.39. The maximum absolute atomic E-state index is 14.6. The van der Waals surface area contributed by atoms with Gasteiger partial charge < -0.3 is 25.0 Å². The van der Waals surface area contributed by atoms with Gasteiger partial charge in [0.2, 0.25) is 0 Å². The molecule has 0 bridgehead atoms. The minimum absolute atomic E-state index is 0. The lowest BCUT2D eigenvalue weighted by Crippen LogP contribution is -2.53. The first-order valence-electron chi connectivity index (χ1n) is 15.7. The highest BCUT2D eigenvalue weighted by molar-refractivity contribution is 5.96. The number of nitrogens with one attached hydrogen (secondary N) is 2. The minimum Gasteiger partial charge on any atom is -0.497 e. The molecule has 2 fully saturated rings. The SMILES string of the molecule is C.COCc1nc2cc(NC(=NC3CCC(C)(C)C[C@@H]3C)N3CCN[C@@H](C)C3)ccc2c(=O)n1CCc1ccc(OC)cc1F. The number of halogens is 1. The predicted molar refractivity (Wildman–Crippen MR) is 181 cm³/mol. The molecule has 1 unspecified atom stereocenters. The monoisotopic (exact) mass is 622 g/mol. The Balaban J connectivity index is 0.00000461. The maximum Gasteiger partial charge on any atom is 0.261 e. The molecule has 2 heterocycles. The second kappa shape index (κ2) is 14.7. The Morgan fingerprint density at radius 2 is 2.00 bits per heavy atom. The van der Waals surface area contributed by atoms with Gasteiger partial charge in [0.05, 0.1) is 24.1 Å². The lowest BCUT2D eigenvalue weighted by molar-refractivity contribution is 0.168. The van der Waals surface area contributed by atoms with Crippen LogP contribution in [0, 0.1) is 17.2 Å². The summed E-state index contributed by atoms with van der Waals surface area (Å²) in [5, 5.41) is 7.64. The van der Waals surface area contributed by atoms with Crippen molar-refractivity contribution in [1.29, 1.82) is 0 Å². The molecule has 9 nitrogen and oxygen atoms in total. The number of nitrogens with zero attached hydrogens (tertiary/aromatic N) is 4. The molecule has 1 aliphatic carbocycles. The zero-order valence-electron chi connectivity index (χ0n) is 27.0. The Bertz CT molecular complexity index is 1550. The van der Waals surface area contributed by atoms with E-state index in [2.05, 4.69) is 43.2 Å². The van der Waals surface area contributed by atoms with Gasteiger partial charge in [-0.2, -0.15) is 0 Å². The number of anilines is 1. The molecule has 0 radical (unpaired) electrons. The van der Waals surface area contributed by atoms with Crippen LogP contribution < -0.4 is 20.9 Å². The Morgan fingerprint density at radius 3 is 2.69 bits per heavy atom. The highest BCUT2D eigenvalue weighted by Gasteiger charge is 2.33. The highest BCUT2D eigenvalue weighted by Crippen LogP contribution is 2.40. The zero-order valence-corrected chi connectivity index (χ0v) is 27.0. The van der Waals surface area contributed by atoms with E-state index >= 15 is 0 Å². The molecule has 246 valence electrons. The van der Waals surface area contributed by atoms with Gasteiger partial charge in [-0.05, 0) is 73.8 Å². The summed E-state index contributed by atoms with van der Waals surface area (Å²) in [6.07, 6.45) is 3.72. The number of aromatic nitrogens is 2. The van der Waals surface area contributed by atoms with Gasteiger partial charge in [-0.3, -0.25) is 9.36 Å². The Morgan fingerprint density at radius 1 is 1.20 bits per heavy atom. The van der Waals surface area contributed by atoms with Crippen molar-refractivity contribution >= 4 is 22.5 Å². The number of rotatable bonds is 8. The molecule has 1 aromatic heterocycles. The number of aryl methyl sites for hydroxylation is 1. The number of hydrogen-bond donors (Lipinski definition) is 2. The summed E-state index contributed by atoms with van der Waals surface area (Å²) in [5.74, 6) is 1.96. The molecule has 5 rings (SSSR count). The number of guanidine groups is 1. The van der Waals surface area contributed by atoms with Crippen molar-refractivity contribution in [2.75, 3.05) is 39.2 Å². The Labute approximate surface area is 267 Å². The fraction of sp³-hybridized carbons (Fsp3) is 0.571. The molecule has 1 aliphatic heterocycles. The summed E-state index contributed by atoms with van der Waals surface area (Å²) >= 11 is 0. The van der Waals surface area contributed by atoms with Crippen molar-refractivity contribution in [3.8, 4) is 5.75 Å². The zero-order chi connectivity index (χ0) is 31.4. The van der Waals surface area contributed by atoms with Crippen molar-refractivity contribution < 1.29 is 13.9 Å². The van der Waals surface area contributed by atoms with Gasteiger partial charge in [0.15, 0.2) is 5.96 Å². The van der Waals surface area contributed by atoms with Gasteiger partial charge in [0.25, 0.3) is 5.56 Å². The number of piperazine rings is 1. The molecule has 2 aromatic carbocycles. The van der Waals surface area contributed by atoms with E-state index in [4.69, 9.17) is 19.5 Å². The predicted octanol–water partition coefficient (Wildman–Crippen LogP) is 5.85. The van der Waals surface area contributed by atoms with Crippen LogP contribution in [0.1, 0.15) is 65.8 Å². The van der Waals surface area contributed by atoms with Crippen LogP contribution in [0.25, 0.3) is 10.9 Å². The first-order chi connectivity index (χ1) is 21.1. The van der Waals surface area contributed by atoms with Gasteiger partial charge in [-0.25, -0.2) is 14.4 Å². The first-order valence-corrected chi connectivity index (χ1v) is 15.7. The Kier molecular flexibility index (Phi) is 11.3. The van der Waals surface area contributed by atoms with Crippen molar-refractivity contribution in [3.05, 3.63) is 64.0 Å². The van der Waals surface area contributed by atoms with Gasteiger partial charge in [0.1, 0.15) is 24.0 Å². The summed E-state index contributed by atoms with van der Waals surface area (Å²) in [6.45, 7) is 12.3. The molecule has 45 heavy (non-hydrogen) atoms. The van der Waals surface area contributed by atoms with Crippen molar-refractivity contribution in [2.45, 2.75) is 86.0 Å². The van der Waals surface area contributed by atoms with Crippen molar-refractivity contribution in [3.63, 3.8) is 0 Å². The normalized spacial score (nSPS) is 21.8. The van der Waals surface area contributed by atoms with E-state index < -0.39 is 0 Å². The third-order valence-corrected chi connectivity index (χ3v) is 9.03. The van der Waals surface area contributed by atoms with E-state index in [0.717, 1.165) is 50.5 Å². The number of benzene rings is 2. The first kappa shape index (κ1) is 34.4. The van der Waals surface area contributed by atoms with Crippen LogP contribution in [0.5, 0.6) is 5.75 Å². The van der Waals surface area contributed by atoms with E-state index in [1.54, 1.807) is 23.8 Å². The number of methoxy groups -OCH3 is 2. The third kappa shape index (κ3) is 8.21. The molecule has 2 aliphatic rings. The summed E-state index contributed by atoms with van der Waals surface area (Å²) in [6, 6.07) is 11.0. The molecule has 3 atom stereocenters. The standard InChI is InChI=1S/C34H47FN6O3.CH4/c1-22-19-34(3,4)13-11-29(22)39-33(40-16-14-36-23(2)20-40)37-25-8-10-27-30(17-25)38-31(21-43-5)41(32(27)42)15-12-24-7-9-26(44-6)18-28(24)35;/h7-10,17-18,22-23,29,36H,11-16,19-21H2,1-6H3,(H,37,39);1H4/t22-,23-,29?;/m0./s1. The summed E-state index contributed by atoms with van der Waals surface area (Å²) in [5.41, 5.74) is 2.10. The molecular weight excluding hydrogens is 571 g/mol. The average molecular weight is 623 g/mol. The van der Waals surface area contributed by atoms with E-state index in [1.807, 2.05) is 18.2 Å². The smallest absolute Gasteiger partial charge is 0.261 e. The molecule has 0 amide bonds. The van der Waals surface area contributed by atoms with Crippen LogP contribution in [0.2, 0.25) is 0 Å². The topological polar surface area (TPSA) is 93.0 Å². The second-order valence-electron chi connectivity index (χ2n) is 13.2. The summed E-state index contributed by atoms with van der Waals surface area (Å²) in [7, 11) is 3.08. The van der Waals surface area contributed by atoms with E-state index in [-0.39, 0.29) is 38.0 Å². The third-order valence-electron chi connectivity index (χ3n) is 9.03. The van der Waals surface area contributed by atoms with Crippen molar-refractivity contribution in [2.24, 2.45) is 16.3 Å². The molecule has 1 saturated heterocycles. The van der Waals surface area contributed by atoms with Gasteiger partial charge >= 0.3 is 0 Å². The highest BCUT2D eigenvalue weighted by atomic mass is 19.1. The largest absolute Gasteiger partial charge is 0.497 e. The van der Waals surface area contributed by atoms with E-state index in [0.29, 0.717) is 51.8 Å². The fourth-order valence-corrected chi connectivity index (χ4v) is 6.63. The van der Waals surface area contributed by atoms with Gasteiger partial charge in [-0.15, -0.1) is 0 Å². The number of fused-ring (bicyclic) bond motifs is 1. The van der Waals surface area contributed by atoms with Gasteiger partial charge in [-0.1, -0.05) is 34.3 Å². The van der Waals surface area contributed by atoms with Crippen LogP contribution in [0.4, 0.5) is 10.1 Å². The fourth-order valence-electron chi connectivity index (χ4n) is 6.63. The molecule has 3 aromatic rings. The molecule has 0 spiro atoms. The summed E-state index contributed by atoms with van der Waals surface area (Å²) < 4.78 is 26.7. The van der Waals surface area contributed by atoms with Crippen LogP contribution >= 0.6 is 0 Å². The van der Waals surface area contributed by atoms with Gasteiger partial charge in [0, 0.05) is 51.1 Å². The van der Waals surface area contributed by atoms with Crippen LogP contribution in [0.15, 0.2) is 46.2 Å². The number of ether oxygens (including phenoxy) is 2. The quantitative estimate of drug-likeness (QED) is 0.241. The van der Waals surface area contributed by atoms with Crippen LogP contribution in [-0.4, -0.2) is 66.3 Å². The average Bonchev–Trinajstić information content (AvgIpc) is 2.98. The maximum atomic E-state index is 14.6. The minimum atomic E-state index is -0.363. The molecule has 2 N–H and O–H groups in total. The molecular formula is C35H51FN6O3.